The van der Waals surface area contributed by atoms with E-state index >= 15 is 0 Å². The Labute approximate surface area is 131 Å². The van der Waals surface area contributed by atoms with E-state index < -0.39 is 0 Å². The van der Waals surface area contributed by atoms with E-state index in [0.29, 0.717) is 0 Å². The summed E-state index contributed by atoms with van der Waals surface area (Å²) in [5, 5.41) is 0. The zero-order chi connectivity index (χ0) is 14.7. The van der Waals surface area contributed by atoms with Gasteiger partial charge in [-0.1, -0.05) is 39.0 Å². The first kappa shape index (κ1) is 15.8. The van der Waals surface area contributed by atoms with Crippen molar-refractivity contribution in [3.63, 3.8) is 0 Å². The SMILES string of the molecule is CCCC1CCC(CN)C(C2CCOC3(CCCC3)C2)C1. The molecule has 2 N–H and O–H groups in total. The quantitative estimate of drug-likeness (QED) is 0.827. The molecule has 1 saturated heterocycles. The maximum Gasteiger partial charge on any atom is 0.0685 e. The van der Waals surface area contributed by atoms with Gasteiger partial charge in [0.15, 0.2) is 0 Å². The van der Waals surface area contributed by atoms with Crippen molar-refractivity contribution in [2.24, 2.45) is 29.4 Å². The number of nitrogens with two attached hydrogens (primary N) is 1. The molecule has 1 aliphatic heterocycles. The second-order valence-corrected chi connectivity index (χ2v) is 8.12. The van der Waals surface area contributed by atoms with Crippen LogP contribution < -0.4 is 5.73 Å². The zero-order valence-corrected chi connectivity index (χ0v) is 14.0. The largest absolute Gasteiger partial charge is 0.375 e. The first-order valence-electron chi connectivity index (χ1n) is 9.60. The average Bonchev–Trinajstić information content (AvgIpc) is 2.95. The smallest absolute Gasteiger partial charge is 0.0685 e. The molecule has 2 nitrogen and oxygen atoms in total. The van der Waals surface area contributed by atoms with Crippen LogP contribution in [0.4, 0.5) is 0 Å². The molecule has 0 aromatic carbocycles. The predicted octanol–water partition coefficient (Wildman–Crippen LogP) is 4.52. The van der Waals surface area contributed by atoms with E-state index in [1.54, 1.807) is 0 Å². The Balaban J connectivity index is 1.66. The van der Waals surface area contributed by atoms with E-state index in [4.69, 9.17) is 10.5 Å². The van der Waals surface area contributed by atoms with Gasteiger partial charge in [-0.15, -0.1) is 0 Å². The van der Waals surface area contributed by atoms with Crippen molar-refractivity contribution in [3.8, 4) is 0 Å². The molecule has 0 radical (unpaired) electrons. The maximum absolute atomic E-state index is 6.26. The highest BCUT2D eigenvalue weighted by Crippen LogP contribution is 2.49. The molecular formula is C19H35NO. The fraction of sp³-hybridized carbons (Fsp3) is 1.00. The van der Waals surface area contributed by atoms with Gasteiger partial charge in [-0.2, -0.15) is 0 Å². The lowest BCUT2D eigenvalue weighted by molar-refractivity contribution is -0.110. The lowest BCUT2D eigenvalue weighted by Gasteiger charge is -2.46. The molecule has 3 aliphatic rings. The van der Waals surface area contributed by atoms with Gasteiger partial charge in [-0.05, 0) is 68.7 Å². The van der Waals surface area contributed by atoms with E-state index in [2.05, 4.69) is 6.92 Å². The molecule has 2 heteroatoms. The third kappa shape index (κ3) is 3.47. The molecule has 2 saturated carbocycles. The van der Waals surface area contributed by atoms with Gasteiger partial charge in [-0.3, -0.25) is 0 Å². The van der Waals surface area contributed by atoms with Gasteiger partial charge in [0.25, 0.3) is 0 Å². The summed E-state index contributed by atoms with van der Waals surface area (Å²) in [6, 6.07) is 0. The fourth-order valence-electron chi connectivity index (χ4n) is 5.70. The zero-order valence-electron chi connectivity index (χ0n) is 14.0. The Morgan fingerprint density at radius 3 is 2.67 bits per heavy atom. The number of hydrogen-bond acceptors (Lipinski definition) is 2. The molecule has 4 unspecified atom stereocenters. The first-order chi connectivity index (χ1) is 10.3. The normalized spacial score (nSPS) is 39.7. The second kappa shape index (κ2) is 7.00. The van der Waals surface area contributed by atoms with Gasteiger partial charge >= 0.3 is 0 Å². The Hall–Kier alpha value is -0.0800. The molecule has 4 atom stereocenters. The summed E-state index contributed by atoms with van der Waals surface area (Å²) in [5.74, 6) is 3.55. The summed E-state index contributed by atoms with van der Waals surface area (Å²) in [4.78, 5) is 0. The van der Waals surface area contributed by atoms with Crippen LogP contribution in [0.3, 0.4) is 0 Å². The molecule has 2 aliphatic carbocycles. The minimum absolute atomic E-state index is 0.278. The Kier molecular flexibility index (Phi) is 5.27. The second-order valence-electron chi connectivity index (χ2n) is 8.12. The van der Waals surface area contributed by atoms with Gasteiger partial charge in [0, 0.05) is 6.61 Å². The van der Waals surface area contributed by atoms with E-state index in [9.17, 15) is 0 Å². The van der Waals surface area contributed by atoms with E-state index in [0.717, 1.165) is 36.8 Å². The summed E-state index contributed by atoms with van der Waals surface area (Å²) in [6.45, 7) is 4.26. The van der Waals surface area contributed by atoms with Crippen molar-refractivity contribution >= 4 is 0 Å². The lowest BCUT2D eigenvalue weighted by Crippen LogP contribution is -2.43. The molecule has 3 rings (SSSR count). The van der Waals surface area contributed by atoms with Crippen molar-refractivity contribution in [1.82, 2.24) is 0 Å². The summed E-state index contributed by atoms with van der Waals surface area (Å²) < 4.78 is 6.26. The predicted molar refractivity (Wildman–Crippen MR) is 88.2 cm³/mol. The van der Waals surface area contributed by atoms with Gasteiger partial charge in [0.2, 0.25) is 0 Å². The van der Waals surface area contributed by atoms with Crippen molar-refractivity contribution in [2.75, 3.05) is 13.2 Å². The third-order valence-electron chi connectivity index (χ3n) is 6.81. The average molecular weight is 293 g/mol. The third-order valence-corrected chi connectivity index (χ3v) is 6.81. The van der Waals surface area contributed by atoms with Gasteiger partial charge in [0.1, 0.15) is 0 Å². The van der Waals surface area contributed by atoms with Crippen LogP contribution in [0.5, 0.6) is 0 Å². The fourth-order valence-corrected chi connectivity index (χ4v) is 5.70. The van der Waals surface area contributed by atoms with E-state index in [-0.39, 0.29) is 5.60 Å². The topological polar surface area (TPSA) is 35.2 Å². The Morgan fingerprint density at radius 1 is 1.14 bits per heavy atom. The van der Waals surface area contributed by atoms with E-state index in [1.807, 2.05) is 0 Å². The Morgan fingerprint density at radius 2 is 1.95 bits per heavy atom. The van der Waals surface area contributed by atoms with Crippen LogP contribution >= 0.6 is 0 Å². The van der Waals surface area contributed by atoms with E-state index in [1.165, 1.54) is 70.6 Å². The van der Waals surface area contributed by atoms with Crippen molar-refractivity contribution < 1.29 is 4.74 Å². The monoisotopic (exact) mass is 293 g/mol. The molecule has 1 heterocycles. The van der Waals surface area contributed by atoms with Crippen molar-refractivity contribution in [3.05, 3.63) is 0 Å². The molecule has 1 spiro atoms. The molecule has 122 valence electrons. The molecule has 0 aromatic rings. The van der Waals surface area contributed by atoms with Crippen LogP contribution in [0.1, 0.15) is 77.6 Å². The van der Waals surface area contributed by atoms with Crippen LogP contribution in [0, 0.1) is 23.7 Å². The van der Waals surface area contributed by atoms with Crippen molar-refractivity contribution in [1.29, 1.82) is 0 Å². The van der Waals surface area contributed by atoms with Gasteiger partial charge < -0.3 is 10.5 Å². The molecule has 0 amide bonds. The summed E-state index contributed by atoms with van der Waals surface area (Å²) in [7, 11) is 0. The van der Waals surface area contributed by atoms with Crippen LogP contribution in [-0.2, 0) is 4.74 Å². The highest BCUT2D eigenvalue weighted by molar-refractivity contribution is 4.95. The highest BCUT2D eigenvalue weighted by atomic mass is 16.5. The standard InChI is InChI=1S/C19H35NO/c1-2-5-15-6-7-17(14-20)18(12-15)16-8-11-21-19(13-16)9-3-4-10-19/h15-18H,2-14,20H2,1H3. The summed E-state index contributed by atoms with van der Waals surface area (Å²) in [5.41, 5.74) is 6.41. The Bertz CT molecular complexity index is 324. The van der Waals surface area contributed by atoms with Crippen LogP contribution in [0.2, 0.25) is 0 Å². The molecular weight excluding hydrogens is 258 g/mol. The lowest BCUT2D eigenvalue weighted by atomic mass is 9.64. The minimum Gasteiger partial charge on any atom is -0.375 e. The van der Waals surface area contributed by atoms with Crippen LogP contribution in [-0.4, -0.2) is 18.8 Å². The molecule has 21 heavy (non-hydrogen) atoms. The van der Waals surface area contributed by atoms with Gasteiger partial charge in [-0.25, -0.2) is 0 Å². The van der Waals surface area contributed by atoms with Crippen LogP contribution in [0.25, 0.3) is 0 Å². The van der Waals surface area contributed by atoms with Gasteiger partial charge in [0.05, 0.1) is 5.60 Å². The molecule has 0 aromatic heterocycles. The number of ether oxygens (including phenoxy) is 1. The highest BCUT2D eigenvalue weighted by Gasteiger charge is 2.44. The summed E-state index contributed by atoms with van der Waals surface area (Å²) in [6.07, 6.45) is 15.1. The molecule has 3 fully saturated rings. The molecule has 0 bridgehead atoms. The maximum atomic E-state index is 6.26. The summed E-state index contributed by atoms with van der Waals surface area (Å²) >= 11 is 0. The van der Waals surface area contributed by atoms with Crippen LogP contribution in [0.15, 0.2) is 0 Å². The number of hydrogen-bond donors (Lipinski definition) is 1. The first-order valence-corrected chi connectivity index (χ1v) is 9.60. The minimum atomic E-state index is 0.278. The number of rotatable bonds is 4. The van der Waals surface area contributed by atoms with Crippen molar-refractivity contribution in [2.45, 2.75) is 83.2 Å².